The largest absolute Gasteiger partial charge is 0.386 e. The summed E-state index contributed by atoms with van der Waals surface area (Å²) in [6.45, 7) is 0. The van der Waals surface area contributed by atoms with E-state index in [1.165, 1.54) is 0 Å². The highest BCUT2D eigenvalue weighted by Gasteiger charge is 2.30. The zero-order chi connectivity index (χ0) is 20.1. The molecule has 0 bridgehead atoms. The van der Waals surface area contributed by atoms with Gasteiger partial charge < -0.3 is 9.47 Å². The molecule has 5 rings (SSSR count). The summed E-state index contributed by atoms with van der Waals surface area (Å²) < 4.78 is 9.24. The molecule has 29 heavy (non-hydrogen) atoms. The molecule has 140 valence electrons. The van der Waals surface area contributed by atoms with Crippen LogP contribution in [0.2, 0.25) is 0 Å². The number of rotatable bonds is 3. The SMILES string of the molecule is O=C1OC(=O)c2cc(Cc3ccc(-c4ccc5c(c4)C(=O)OC5=O)cc3)ccc21. The molecule has 0 radical (unpaired) electrons. The van der Waals surface area contributed by atoms with Crippen molar-refractivity contribution in [1.29, 1.82) is 0 Å². The Balaban J connectivity index is 1.39. The van der Waals surface area contributed by atoms with Gasteiger partial charge in [-0.3, -0.25) is 0 Å². The van der Waals surface area contributed by atoms with E-state index in [2.05, 4.69) is 9.47 Å². The lowest BCUT2D eigenvalue weighted by atomic mass is 9.96. The van der Waals surface area contributed by atoms with E-state index in [1.54, 1.807) is 36.4 Å². The zero-order valence-corrected chi connectivity index (χ0v) is 14.9. The van der Waals surface area contributed by atoms with Gasteiger partial charge >= 0.3 is 23.9 Å². The Labute approximate surface area is 164 Å². The van der Waals surface area contributed by atoms with E-state index in [4.69, 9.17) is 0 Å². The maximum Gasteiger partial charge on any atom is 0.346 e. The van der Waals surface area contributed by atoms with E-state index >= 15 is 0 Å². The van der Waals surface area contributed by atoms with Crippen LogP contribution in [0.1, 0.15) is 52.6 Å². The number of cyclic esters (lactones) is 4. The Hall–Kier alpha value is -4.06. The minimum atomic E-state index is -0.628. The van der Waals surface area contributed by atoms with Gasteiger partial charge in [0.15, 0.2) is 0 Å². The molecule has 0 saturated heterocycles. The summed E-state index contributed by atoms with van der Waals surface area (Å²) in [7, 11) is 0. The van der Waals surface area contributed by atoms with Crippen molar-refractivity contribution in [1.82, 2.24) is 0 Å². The highest BCUT2D eigenvalue weighted by molar-refractivity contribution is 6.15. The Bertz CT molecular complexity index is 1240. The van der Waals surface area contributed by atoms with Crippen LogP contribution in [0.3, 0.4) is 0 Å². The van der Waals surface area contributed by atoms with Gasteiger partial charge in [-0.25, -0.2) is 19.2 Å². The van der Waals surface area contributed by atoms with Crippen LogP contribution in [0, 0.1) is 0 Å². The minimum Gasteiger partial charge on any atom is -0.386 e. The molecule has 0 fully saturated rings. The smallest absolute Gasteiger partial charge is 0.346 e. The molecule has 2 aliphatic heterocycles. The van der Waals surface area contributed by atoms with Crippen molar-refractivity contribution in [2.24, 2.45) is 0 Å². The van der Waals surface area contributed by atoms with Gasteiger partial charge in [0, 0.05) is 0 Å². The van der Waals surface area contributed by atoms with Crippen LogP contribution in [-0.2, 0) is 15.9 Å². The van der Waals surface area contributed by atoms with E-state index in [-0.39, 0.29) is 11.1 Å². The maximum absolute atomic E-state index is 11.7. The standard InChI is InChI=1S/C23H12O6/c24-20-16-7-3-13(10-18(16)22(26)28-20)9-12-1-4-14(5-2-12)15-6-8-17-19(11-15)23(27)29-21(17)25/h1-8,10-11H,9H2. The Morgan fingerprint density at radius 1 is 0.483 bits per heavy atom. The van der Waals surface area contributed by atoms with Gasteiger partial charge in [-0.2, -0.15) is 0 Å². The van der Waals surface area contributed by atoms with E-state index < -0.39 is 23.9 Å². The maximum atomic E-state index is 11.7. The average molecular weight is 384 g/mol. The van der Waals surface area contributed by atoms with Gasteiger partial charge in [0.1, 0.15) is 0 Å². The lowest BCUT2D eigenvalue weighted by Crippen LogP contribution is -1.97. The fourth-order valence-corrected chi connectivity index (χ4v) is 3.56. The summed E-state index contributed by atoms with van der Waals surface area (Å²) >= 11 is 0. The van der Waals surface area contributed by atoms with E-state index in [0.29, 0.717) is 17.5 Å². The van der Waals surface area contributed by atoms with Crippen molar-refractivity contribution in [2.45, 2.75) is 6.42 Å². The number of carbonyl (C=O) groups excluding carboxylic acids is 4. The van der Waals surface area contributed by atoms with Crippen LogP contribution >= 0.6 is 0 Å². The molecule has 0 unspecified atom stereocenters. The summed E-state index contributed by atoms with van der Waals surface area (Å²) in [5.41, 5.74) is 4.75. The molecule has 0 spiro atoms. The molecule has 3 aromatic rings. The number of ether oxygens (including phenoxy) is 2. The number of hydrogen-bond acceptors (Lipinski definition) is 6. The van der Waals surface area contributed by atoms with Crippen molar-refractivity contribution >= 4 is 23.9 Å². The molecule has 0 atom stereocenters. The summed E-state index contributed by atoms with van der Waals surface area (Å²) in [5.74, 6) is -2.47. The van der Waals surface area contributed by atoms with Crippen molar-refractivity contribution in [3.8, 4) is 11.1 Å². The Kier molecular flexibility index (Phi) is 3.67. The fraction of sp³-hybridized carbons (Fsp3) is 0.0435. The molecule has 0 N–H and O–H groups in total. The topological polar surface area (TPSA) is 86.7 Å². The van der Waals surface area contributed by atoms with Gasteiger partial charge in [0.25, 0.3) is 0 Å². The van der Waals surface area contributed by atoms with E-state index in [0.717, 1.165) is 22.3 Å². The number of carbonyl (C=O) groups is 4. The lowest BCUT2D eigenvalue weighted by Gasteiger charge is -2.06. The number of benzene rings is 3. The number of fused-ring (bicyclic) bond motifs is 2. The first kappa shape index (κ1) is 17.1. The Morgan fingerprint density at radius 3 is 1.62 bits per heavy atom. The summed E-state index contributed by atoms with van der Waals surface area (Å²) in [4.78, 5) is 46.5. The highest BCUT2D eigenvalue weighted by Crippen LogP contribution is 2.28. The van der Waals surface area contributed by atoms with Crippen molar-refractivity contribution in [3.05, 3.63) is 94.0 Å². The van der Waals surface area contributed by atoms with Crippen LogP contribution in [-0.4, -0.2) is 23.9 Å². The molecule has 6 heteroatoms. The molecule has 2 aliphatic rings. The van der Waals surface area contributed by atoms with E-state index in [1.807, 2.05) is 24.3 Å². The van der Waals surface area contributed by atoms with Gasteiger partial charge in [-0.15, -0.1) is 0 Å². The van der Waals surface area contributed by atoms with Gasteiger partial charge in [-0.1, -0.05) is 36.4 Å². The first-order valence-corrected chi connectivity index (χ1v) is 8.89. The van der Waals surface area contributed by atoms with Crippen LogP contribution in [0.4, 0.5) is 0 Å². The third kappa shape index (κ3) is 2.82. The molecule has 0 aliphatic carbocycles. The van der Waals surface area contributed by atoms with Crippen molar-refractivity contribution < 1.29 is 28.7 Å². The second-order valence-corrected chi connectivity index (χ2v) is 6.87. The van der Waals surface area contributed by atoms with Crippen LogP contribution < -0.4 is 0 Å². The van der Waals surface area contributed by atoms with Gasteiger partial charge in [0.05, 0.1) is 22.3 Å². The van der Waals surface area contributed by atoms with Crippen molar-refractivity contribution in [3.63, 3.8) is 0 Å². The first-order chi connectivity index (χ1) is 14.0. The second-order valence-electron chi connectivity index (χ2n) is 6.87. The highest BCUT2D eigenvalue weighted by atomic mass is 16.6. The molecule has 3 aromatic carbocycles. The molecule has 0 saturated carbocycles. The quantitative estimate of drug-likeness (QED) is 0.507. The molecule has 2 heterocycles. The minimum absolute atomic E-state index is 0.274. The monoisotopic (exact) mass is 384 g/mol. The fourth-order valence-electron chi connectivity index (χ4n) is 3.56. The summed E-state index contributed by atoms with van der Waals surface area (Å²) in [5, 5.41) is 0. The van der Waals surface area contributed by atoms with Crippen LogP contribution in [0.5, 0.6) is 0 Å². The van der Waals surface area contributed by atoms with Gasteiger partial charge in [-0.05, 0) is 52.9 Å². The predicted octanol–water partition coefficient (Wildman–Crippen LogP) is 3.57. The van der Waals surface area contributed by atoms with Gasteiger partial charge in [0.2, 0.25) is 0 Å². The molecule has 0 aromatic heterocycles. The Morgan fingerprint density at radius 2 is 0.966 bits per heavy atom. The van der Waals surface area contributed by atoms with E-state index in [9.17, 15) is 19.2 Å². The van der Waals surface area contributed by atoms with Crippen LogP contribution in [0.25, 0.3) is 11.1 Å². The average Bonchev–Trinajstić information content (AvgIpc) is 3.17. The number of hydrogen-bond donors (Lipinski definition) is 0. The van der Waals surface area contributed by atoms with Crippen LogP contribution in [0.15, 0.2) is 60.7 Å². The normalized spacial score (nSPS) is 14.5. The second kappa shape index (κ2) is 6.24. The number of esters is 4. The lowest BCUT2D eigenvalue weighted by molar-refractivity contribution is 0.0425. The molecule has 0 amide bonds. The predicted molar refractivity (Wildman–Crippen MR) is 101 cm³/mol. The molecular weight excluding hydrogens is 372 g/mol. The summed E-state index contributed by atoms with van der Waals surface area (Å²) in [6, 6.07) is 17.8. The first-order valence-electron chi connectivity index (χ1n) is 8.89. The van der Waals surface area contributed by atoms with Crippen molar-refractivity contribution in [2.75, 3.05) is 0 Å². The molecular formula is C23H12O6. The third-order valence-electron chi connectivity index (χ3n) is 5.05. The third-order valence-corrected chi connectivity index (χ3v) is 5.05. The molecule has 6 nitrogen and oxygen atoms in total. The summed E-state index contributed by atoms with van der Waals surface area (Å²) in [6.07, 6.45) is 0.583. The zero-order valence-electron chi connectivity index (χ0n) is 14.9.